The molecule has 0 bridgehead atoms. The van der Waals surface area contributed by atoms with E-state index in [1.165, 1.54) is 138 Å². The van der Waals surface area contributed by atoms with Crippen molar-refractivity contribution in [2.45, 2.75) is 11.8 Å². The molecule has 0 saturated heterocycles. The van der Waals surface area contributed by atoms with E-state index in [-0.39, 0.29) is 11.8 Å². The zero-order chi connectivity index (χ0) is 66.6. The maximum Gasteiger partial charge on any atom is 0.569 e. The van der Waals surface area contributed by atoms with Crippen LogP contribution in [0.3, 0.4) is 0 Å². The van der Waals surface area contributed by atoms with E-state index in [9.17, 15) is 0 Å². The Morgan fingerprint density at radius 3 is 1.27 bits per heavy atom. The van der Waals surface area contributed by atoms with Gasteiger partial charge in [0.2, 0.25) is 0 Å². The van der Waals surface area contributed by atoms with Crippen LogP contribution < -0.4 is 4.65 Å². The fraction of sp³-hybridized carbons (Fsp3) is 0.0213. The molecule has 0 fully saturated rings. The van der Waals surface area contributed by atoms with E-state index < -0.39 is 0 Å². The van der Waals surface area contributed by atoms with Crippen molar-refractivity contribution in [2.75, 3.05) is 0 Å². The highest BCUT2D eigenvalue weighted by molar-refractivity contribution is 9.10. The van der Waals surface area contributed by atoms with Crippen LogP contribution >= 0.6 is 15.9 Å². The van der Waals surface area contributed by atoms with Crippen LogP contribution in [0, 0.1) is 0 Å². The minimum Gasteiger partial charge on any atom is -0.537 e. The lowest BCUT2D eigenvalue weighted by Crippen LogP contribution is -1.99. The Morgan fingerprint density at radius 2 is 0.680 bits per heavy atom. The number of para-hydroxylation sites is 2. The number of aromatic nitrogens is 2. The number of nitrogens with zero attached hydrogens (tertiary/aromatic N) is 2. The number of fused-ring (bicyclic) bond motifs is 14. The van der Waals surface area contributed by atoms with Gasteiger partial charge in [0.25, 0.3) is 0 Å². The van der Waals surface area contributed by atoms with Gasteiger partial charge in [-0.1, -0.05) is 295 Å². The molecule has 471 valence electrons. The van der Waals surface area contributed by atoms with Crippen molar-refractivity contribution in [3.05, 3.63) is 402 Å². The predicted molar refractivity (Wildman–Crippen MR) is 421 cm³/mol. The molecule has 2 aliphatic carbocycles. The summed E-state index contributed by atoms with van der Waals surface area (Å²) in [6.45, 7) is 0. The molecule has 0 spiro atoms. The molecule has 2 aliphatic rings. The van der Waals surface area contributed by atoms with Crippen molar-refractivity contribution in [1.82, 2.24) is 9.13 Å². The van der Waals surface area contributed by atoms with Crippen molar-refractivity contribution >= 4 is 88.8 Å². The molecule has 4 nitrogen and oxygen atoms in total. The van der Waals surface area contributed by atoms with Crippen LogP contribution in [0.5, 0.6) is 5.75 Å². The smallest absolute Gasteiger partial charge is 0.537 e. The molecule has 2 unspecified atom stereocenters. The Kier molecular flexibility index (Phi) is 15.5. The van der Waals surface area contributed by atoms with Crippen LogP contribution in [0.2, 0.25) is 0 Å². The van der Waals surface area contributed by atoms with Gasteiger partial charge in [0.1, 0.15) is 5.75 Å². The Labute approximate surface area is 590 Å². The Hall–Kier alpha value is -12.1. The highest BCUT2D eigenvalue weighted by Gasteiger charge is 2.33. The van der Waals surface area contributed by atoms with Crippen LogP contribution in [0.1, 0.15) is 45.2 Å². The molecule has 1 N–H and O–H groups in total. The summed E-state index contributed by atoms with van der Waals surface area (Å²) in [4.78, 5) is 0. The number of rotatable bonds is 9. The first-order valence-electron chi connectivity index (χ1n) is 34.1. The summed E-state index contributed by atoms with van der Waals surface area (Å²) in [5.41, 5.74) is 28.1. The first-order valence-corrected chi connectivity index (χ1v) is 34.9. The average Bonchev–Trinajstić information content (AvgIpc) is 1.61. The van der Waals surface area contributed by atoms with Crippen molar-refractivity contribution in [3.63, 3.8) is 0 Å². The second-order valence-corrected chi connectivity index (χ2v) is 26.9. The first-order chi connectivity index (χ1) is 49.5. The van der Waals surface area contributed by atoms with E-state index >= 15 is 0 Å². The lowest BCUT2D eigenvalue weighted by atomic mass is 9.87. The topological polar surface area (TPSA) is 39.3 Å². The normalized spacial score (nSPS) is 13.3. The van der Waals surface area contributed by atoms with Gasteiger partial charge >= 0.3 is 7.69 Å². The minimum absolute atomic E-state index is 0.227. The second kappa shape index (κ2) is 25.7. The molecule has 0 amide bonds. The standard InChI is InChI=1S/C48H32.C24H16BrN.C22H15BNO2/c1-2-10-31(11-3-1)33-18-21-34(22-19-33)47-41-16-8-6-14-39(41)45-29-36(24-26-43(45)47)37-25-27-44-46(30-37)40-15-7-9-17-42(40)48(44)38-23-20-32-12-4-5-13-35(32)28-38;25-19-12-15-24-22(16-19)21-8-4-5-9-23(21)26(24)20-13-10-18(11-14-20)17-6-2-1-3-7-17;25-23-26-18-11-12-22-20(14-18)19-7-3-4-8-21(19)24(22)17-10-9-15-5-1-2-6-16(15)13-17/h1-30,47-48H;1-16H;1-14,25H. The second-order valence-electron chi connectivity index (χ2n) is 26.0. The summed E-state index contributed by atoms with van der Waals surface area (Å²) < 4.78 is 10.9. The van der Waals surface area contributed by atoms with Gasteiger partial charge in [-0.3, -0.25) is 0 Å². The van der Waals surface area contributed by atoms with Gasteiger partial charge in [0.05, 0.1) is 22.1 Å². The van der Waals surface area contributed by atoms with Crippen molar-refractivity contribution in [1.29, 1.82) is 0 Å². The maximum atomic E-state index is 8.94. The van der Waals surface area contributed by atoms with Crippen LogP contribution in [0.15, 0.2) is 368 Å². The number of hydrogen-bond donors (Lipinski definition) is 1. The van der Waals surface area contributed by atoms with Crippen LogP contribution in [0.25, 0.3) is 132 Å². The molecular weight excluding hydrogens is 1280 g/mol. The fourth-order valence-corrected chi connectivity index (χ4v) is 16.1. The molecule has 6 heteroatoms. The molecule has 0 aliphatic heterocycles. The third kappa shape index (κ3) is 10.9. The lowest BCUT2D eigenvalue weighted by Gasteiger charge is -2.16. The third-order valence-electron chi connectivity index (χ3n) is 20.3. The largest absolute Gasteiger partial charge is 0.569 e. The van der Waals surface area contributed by atoms with E-state index in [0.717, 1.165) is 32.0 Å². The average molecular weight is 1340 g/mol. The molecular formula is C94H63BBrN2O2. The molecule has 100 heavy (non-hydrogen) atoms. The van der Waals surface area contributed by atoms with Crippen molar-refractivity contribution in [2.24, 2.45) is 0 Å². The van der Waals surface area contributed by atoms with Gasteiger partial charge < -0.3 is 18.8 Å². The Morgan fingerprint density at radius 1 is 0.270 bits per heavy atom. The van der Waals surface area contributed by atoms with E-state index in [1.807, 2.05) is 30.3 Å². The van der Waals surface area contributed by atoms with E-state index in [1.54, 1.807) is 0 Å². The number of halogens is 1. The first kappa shape index (κ1) is 60.4. The summed E-state index contributed by atoms with van der Waals surface area (Å²) in [6, 6.07) is 131. The van der Waals surface area contributed by atoms with Crippen LogP contribution in [0.4, 0.5) is 0 Å². The summed E-state index contributed by atoms with van der Waals surface area (Å²) in [5.74, 6) is 1.07. The van der Waals surface area contributed by atoms with E-state index in [0.29, 0.717) is 13.4 Å². The third-order valence-corrected chi connectivity index (χ3v) is 20.8. The molecule has 16 aromatic carbocycles. The fourth-order valence-electron chi connectivity index (χ4n) is 15.7. The summed E-state index contributed by atoms with van der Waals surface area (Å²) in [5, 5.41) is 18.7. The summed E-state index contributed by atoms with van der Waals surface area (Å²) >= 11 is 3.61. The number of hydrogen-bond acceptors (Lipinski definition) is 2. The van der Waals surface area contributed by atoms with E-state index in [2.05, 4.69) is 359 Å². The number of benzene rings is 16. The van der Waals surface area contributed by atoms with Gasteiger partial charge in [-0.05, 0) is 195 Å². The SMILES string of the molecule is Brc1ccc2c(c1)c1ccccc1n2-c1ccc(-c2ccccc2)cc1.O[B]Oc1ccc2c(c1)c1ccccc1n2-c1ccc2ccccc2c1.c1ccc(-c2ccc(C3c4ccccc4-c4cc(-c5ccc6c(c5)-c5ccccc5C6c5ccc6ccccc6c5)ccc43)cc2)cc1. The molecule has 2 atom stereocenters. The van der Waals surface area contributed by atoms with Gasteiger partial charge in [-0.25, -0.2) is 0 Å². The van der Waals surface area contributed by atoms with Gasteiger partial charge in [-0.15, -0.1) is 0 Å². The van der Waals surface area contributed by atoms with Crippen LogP contribution in [-0.4, -0.2) is 21.8 Å². The van der Waals surface area contributed by atoms with Gasteiger partial charge in [-0.2, -0.15) is 0 Å². The zero-order valence-corrected chi connectivity index (χ0v) is 56.1. The van der Waals surface area contributed by atoms with Crippen molar-refractivity contribution < 1.29 is 9.68 Å². The predicted octanol–water partition coefficient (Wildman–Crippen LogP) is 24.6. The molecule has 1 radical (unpaired) electrons. The zero-order valence-electron chi connectivity index (χ0n) is 54.5. The van der Waals surface area contributed by atoms with Gasteiger partial charge in [0, 0.05) is 49.2 Å². The van der Waals surface area contributed by atoms with E-state index in [4.69, 9.17) is 9.68 Å². The molecule has 2 aromatic heterocycles. The summed E-state index contributed by atoms with van der Waals surface area (Å²) in [7, 11) is 0.712. The lowest BCUT2D eigenvalue weighted by molar-refractivity contribution is 0.454. The molecule has 2 heterocycles. The highest BCUT2D eigenvalue weighted by atomic mass is 79.9. The van der Waals surface area contributed by atoms with Gasteiger partial charge in [0.15, 0.2) is 0 Å². The Bertz CT molecular complexity index is 6140. The van der Waals surface area contributed by atoms with Crippen LogP contribution in [-0.2, 0) is 0 Å². The maximum absolute atomic E-state index is 8.94. The highest BCUT2D eigenvalue weighted by Crippen LogP contribution is 2.52. The quantitative estimate of drug-likeness (QED) is 0.146. The molecule has 18 aromatic rings. The Balaban J connectivity index is 0.000000117. The summed E-state index contributed by atoms with van der Waals surface area (Å²) in [6.07, 6.45) is 0. The molecule has 20 rings (SSSR count). The molecule has 0 saturated carbocycles. The van der Waals surface area contributed by atoms with Crippen molar-refractivity contribution in [3.8, 4) is 72.8 Å². The monoisotopic (exact) mass is 1340 g/mol. The minimum atomic E-state index is 0.227.